The predicted molar refractivity (Wildman–Crippen MR) is 64.0 cm³/mol. The molecule has 0 saturated carbocycles. The molecular weight excluding hydrogens is 204 g/mol. The zero-order valence-corrected chi connectivity index (χ0v) is 10.8. The number of rotatable bonds is 4. The van der Waals surface area contributed by atoms with E-state index in [0.717, 1.165) is 19.4 Å². The second kappa shape index (κ2) is 5.64. The summed E-state index contributed by atoms with van der Waals surface area (Å²) in [5, 5.41) is 13.6. The second-order valence-electron chi connectivity index (χ2n) is 5.16. The fourth-order valence-electron chi connectivity index (χ4n) is 2.62. The monoisotopic (exact) mass is 228 g/mol. The molecule has 4 nitrogen and oxygen atoms in total. The average Bonchev–Trinajstić information content (AvgIpc) is 2.16. The van der Waals surface area contributed by atoms with E-state index in [2.05, 4.69) is 37.7 Å². The van der Waals surface area contributed by atoms with Gasteiger partial charge in [0.25, 0.3) is 0 Å². The van der Waals surface area contributed by atoms with Crippen LogP contribution in [-0.2, 0) is 4.79 Å². The van der Waals surface area contributed by atoms with Gasteiger partial charge in [0.15, 0.2) is 0 Å². The Morgan fingerprint density at radius 2 is 1.88 bits per heavy atom. The van der Waals surface area contributed by atoms with Gasteiger partial charge < -0.3 is 5.11 Å². The minimum absolute atomic E-state index is 0.200. The van der Waals surface area contributed by atoms with E-state index in [9.17, 15) is 4.79 Å². The van der Waals surface area contributed by atoms with E-state index in [4.69, 9.17) is 5.11 Å². The standard InChI is InChI=1S/C12H24N2O2/c1-9(2)14(10(3)4)13-7-5-6-11(8-13)12(15)16/h9-11H,5-8H2,1-4H3,(H,15,16). The number of hydrogen-bond donors (Lipinski definition) is 1. The maximum Gasteiger partial charge on any atom is 0.307 e. The highest BCUT2D eigenvalue weighted by Gasteiger charge is 2.30. The molecule has 0 aromatic carbocycles. The molecule has 1 aliphatic rings. The van der Waals surface area contributed by atoms with Crippen LogP contribution >= 0.6 is 0 Å². The minimum atomic E-state index is -0.655. The number of carboxylic acids is 1. The quantitative estimate of drug-likeness (QED) is 0.797. The van der Waals surface area contributed by atoms with Crippen molar-refractivity contribution in [1.29, 1.82) is 0 Å². The molecule has 0 radical (unpaired) electrons. The Labute approximate surface area is 98.2 Å². The van der Waals surface area contributed by atoms with Crippen molar-refractivity contribution in [3.63, 3.8) is 0 Å². The molecular formula is C12H24N2O2. The topological polar surface area (TPSA) is 43.8 Å². The van der Waals surface area contributed by atoms with E-state index in [1.54, 1.807) is 0 Å². The van der Waals surface area contributed by atoms with Gasteiger partial charge >= 0.3 is 5.97 Å². The number of nitrogens with zero attached hydrogens (tertiary/aromatic N) is 2. The molecule has 1 atom stereocenters. The molecule has 1 unspecified atom stereocenters. The van der Waals surface area contributed by atoms with Gasteiger partial charge in [-0.05, 0) is 40.5 Å². The summed E-state index contributed by atoms with van der Waals surface area (Å²) in [6.45, 7) is 10.3. The van der Waals surface area contributed by atoms with Gasteiger partial charge in [0.2, 0.25) is 0 Å². The SMILES string of the molecule is CC(C)N(C(C)C)N1CCCC(C(=O)O)C1. The molecule has 0 amide bonds. The fourth-order valence-corrected chi connectivity index (χ4v) is 2.62. The van der Waals surface area contributed by atoms with Gasteiger partial charge in [-0.15, -0.1) is 0 Å². The first-order valence-corrected chi connectivity index (χ1v) is 6.19. The normalized spacial score (nSPS) is 23.3. The Bertz CT molecular complexity index is 233. The zero-order chi connectivity index (χ0) is 12.3. The number of hydrazine groups is 1. The highest BCUT2D eigenvalue weighted by Crippen LogP contribution is 2.21. The summed E-state index contributed by atoms with van der Waals surface area (Å²) in [5.74, 6) is -0.856. The van der Waals surface area contributed by atoms with Crippen molar-refractivity contribution in [1.82, 2.24) is 10.0 Å². The molecule has 1 saturated heterocycles. The summed E-state index contributed by atoms with van der Waals surface area (Å²) in [6.07, 6.45) is 1.79. The summed E-state index contributed by atoms with van der Waals surface area (Å²) in [4.78, 5) is 11.0. The van der Waals surface area contributed by atoms with Crippen LogP contribution in [0.3, 0.4) is 0 Å². The third kappa shape index (κ3) is 3.19. The van der Waals surface area contributed by atoms with Crippen LogP contribution in [0.15, 0.2) is 0 Å². The van der Waals surface area contributed by atoms with Gasteiger partial charge in [-0.2, -0.15) is 0 Å². The average molecular weight is 228 g/mol. The number of hydrogen-bond acceptors (Lipinski definition) is 3. The van der Waals surface area contributed by atoms with Crippen LogP contribution in [0.4, 0.5) is 0 Å². The van der Waals surface area contributed by atoms with Crippen LogP contribution in [0.2, 0.25) is 0 Å². The summed E-state index contributed by atoms with van der Waals surface area (Å²) < 4.78 is 0. The van der Waals surface area contributed by atoms with E-state index >= 15 is 0 Å². The largest absolute Gasteiger partial charge is 0.481 e. The van der Waals surface area contributed by atoms with Crippen molar-refractivity contribution >= 4 is 5.97 Å². The maximum absolute atomic E-state index is 11.0. The van der Waals surface area contributed by atoms with Crippen LogP contribution in [0.5, 0.6) is 0 Å². The lowest BCUT2D eigenvalue weighted by Crippen LogP contribution is -2.54. The third-order valence-electron chi connectivity index (χ3n) is 3.13. The molecule has 1 rings (SSSR count). The summed E-state index contributed by atoms with van der Waals surface area (Å²) in [7, 11) is 0. The molecule has 1 N–H and O–H groups in total. The predicted octanol–water partition coefficient (Wildman–Crippen LogP) is 1.82. The van der Waals surface area contributed by atoms with Crippen LogP contribution in [0.1, 0.15) is 40.5 Å². The second-order valence-corrected chi connectivity index (χ2v) is 5.16. The Hall–Kier alpha value is -0.610. The van der Waals surface area contributed by atoms with Gasteiger partial charge in [-0.1, -0.05) is 0 Å². The van der Waals surface area contributed by atoms with Crippen LogP contribution in [0.25, 0.3) is 0 Å². The highest BCUT2D eigenvalue weighted by atomic mass is 16.4. The third-order valence-corrected chi connectivity index (χ3v) is 3.13. The molecule has 0 aromatic heterocycles. The summed E-state index contributed by atoms with van der Waals surface area (Å²) >= 11 is 0. The van der Waals surface area contributed by atoms with Gasteiger partial charge in [0.05, 0.1) is 5.92 Å². The maximum atomic E-state index is 11.0. The van der Waals surface area contributed by atoms with Crippen LogP contribution in [-0.4, -0.2) is 46.3 Å². The molecule has 1 aliphatic heterocycles. The van der Waals surface area contributed by atoms with E-state index in [0.29, 0.717) is 18.6 Å². The molecule has 94 valence electrons. The van der Waals surface area contributed by atoms with Crippen molar-refractivity contribution in [3.05, 3.63) is 0 Å². The smallest absolute Gasteiger partial charge is 0.307 e. The van der Waals surface area contributed by atoms with E-state index < -0.39 is 5.97 Å². The number of piperidine rings is 1. The number of carbonyl (C=O) groups is 1. The zero-order valence-electron chi connectivity index (χ0n) is 10.8. The lowest BCUT2D eigenvalue weighted by Gasteiger charge is -2.44. The van der Waals surface area contributed by atoms with Gasteiger partial charge in [0, 0.05) is 25.2 Å². The van der Waals surface area contributed by atoms with Crippen molar-refractivity contribution in [3.8, 4) is 0 Å². The molecule has 0 aromatic rings. The molecule has 16 heavy (non-hydrogen) atoms. The van der Waals surface area contributed by atoms with E-state index in [1.165, 1.54) is 0 Å². The van der Waals surface area contributed by atoms with Gasteiger partial charge in [0.1, 0.15) is 0 Å². The molecule has 4 heteroatoms. The first-order valence-electron chi connectivity index (χ1n) is 6.19. The molecule has 0 aliphatic carbocycles. The van der Waals surface area contributed by atoms with Crippen LogP contribution in [0, 0.1) is 5.92 Å². The van der Waals surface area contributed by atoms with Crippen molar-refractivity contribution in [2.75, 3.05) is 13.1 Å². The van der Waals surface area contributed by atoms with Crippen molar-refractivity contribution in [2.24, 2.45) is 5.92 Å². The Balaban J connectivity index is 2.67. The molecule has 1 fully saturated rings. The number of carboxylic acid groups (broad SMARTS) is 1. The van der Waals surface area contributed by atoms with E-state index in [-0.39, 0.29) is 5.92 Å². The Kier molecular flexibility index (Phi) is 4.74. The first-order chi connectivity index (χ1) is 7.43. The van der Waals surface area contributed by atoms with Gasteiger partial charge in [-0.25, -0.2) is 10.0 Å². The minimum Gasteiger partial charge on any atom is -0.481 e. The highest BCUT2D eigenvalue weighted by molar-refractivity contribution is 5.70. The number of aliphatic carboxylic acids is 1. The summed E-state index contributed by atoms with van der Waals surface area (Å²) in [5.41, 5.74) is 0. The van der Waals surface area contributed by atoms with Crippen LogP contribution < -0.4 is 0 Å². The molecule has 0 bridgehead atoms. The molecule has 0 spiro atoms. The van der Waals surface area contributed by atoms with E-state index in [1.807, 2.05) is 0 Å². The van der Waals surface area contributed by atoms with Crippen molar-refractivity contribution < 1.29 is 9.90 Å². The lowest BCUT2D eigenvalue weighted by molar-refractivity contribution is -0.151. The molecule has 1 heterocycles. The first kappa shape index (κ1) is 13.5. The lowest BCUT2D eigenvalue weighted by atomic mass is 9.99. The summed E-state index contributed by atoms with van der Waals surface area (Å²) in [6, 6.07) is 0.847. The Morgan fingerprint density at radius 1 is 1.31 bits per heavy atom. The van der Waals surface area contributed by atoms with Gasteiger partial charge in [-0.3, -0.25) is 4.79 Å². The fraction of sp³-hybridized carbons (Fsp3) is 0.917. The Morgan fingerprint density at radius 3 is 2.31 bits per heavy atom. The van der Waals surface area contributed by atoms with Crippen molar-refractivity contribution in [2.45, 2.75) is 52.6 Å².